The quantitative estimate of drug-likeness (QED) is 0.0324. The molecule has 0 saturated heterocycles. The van der Waals surface area contributed by atoms with Gasteiger partial charge < -0.3 is 0 Å². The topological polar surface area (TPSA) is 3.01 Å². The average Bonchev–Trinajstić information content (AvgIpc) is 3.77. The van der Waals surface area contributed by atoms with Crippen LogP contribution in [0.25, 0.3) is 0 Å². The summed E-state index contributed by atoms with van der Waals surface area (Å²) in [5.74, 6) is 1.82. The molecular formula is C74H148N2+2. The Kier molecular flexibility index (Phi) is 59.8. The van der Waals surface area contributed by atoms with Gasteiger partial charge in [0.05, 0.1) is 19.5 Å². The van der Waals surface area contributed by atoms with Crippen LogP contribution in [0, 0.1) is 0 Å². The fraction of sp³-hybridized carbons (Fsp3) is 0.959. The second kappa shape index (κ2) is 62.0. The Balaban J connectivity index is 2.70. The number of unbranched alkanes of at least 4 members (excludes halogenated alkanes) is 59. The minimum Gasteiger partial charge on any atom is -0.209 e. The van der Waals surface area contributed by atoms with Crippen molar-refractivity contribution in [3.8, 4) is 0 Å². The van der Waals surface area contributed by atoms with E-state index in [1.165, 1.54) is 435 Å². The molecule has 76 heavy (non-hydrogen) atoms. The first-order valence-corrected chi connectivity index (χ1v) is 36.9. The van der Waals surface area contributed by atoms with E-state index in [0.717, 1.165) is 0 Å². The average molecular weight is 1070 g/mol. The van der Waals surface area contributed by atoms with E-state index in [-0.39, 0.29) is 0 Å². The summed E-state index contributed by atoms with van der Waals surface area (Å²) >= 11 is 0. The molecule has 1 unspecified atom stereocenters. The van der Waals surface area contributed by atoms with Crippen LogP contribution in [0.3, 0.4) is 0 Å². The van der Waals surface area contributed by atoms with E-state index >= 15 is 0 Å². The minimum absolute atomic E-state index is 1.22. The van der Waals surface area contributed by atoms with Crippen LogP contribution < -0.4 is 0 Å². The third-order valence-corrected chi connectivity index (χ3v) is 18.5. The van der Waals surface area contributed by atoms with Crippen LogP contribution >= 0.6 is 0 Å². The third kappa shape index (κ3) is 49.2. The first-order chi connectivity index (χ1) is 37.7. The predicted octanol–water partition coefficient (Wildman–Crippen LogP) is 26.7. The van der Waals surface area contributed by atoms with Gasteiger partial charge >= 0.3 is 5.84 Å². The molecule has 0 aromatic heterocycles. The molecule has 0 amide bonds. The molecule has 0 fully saturated rings. The zero-order valence-electron chi connectivity index (χ0n) is 53.9. The van der Waals surface area contributed by atoms with E-state index in [4.69, 9.17) is 0 Å². The molecule has 1 rings (SSSR count). The summed E-state index contributed by atoms with van der Waals surface area (Å²) in [5.41, 5.74) is 0. The van der Waals surface area contributed by atoms with Crippen LogP contribution in [0.1, 0.15) is 439 Å². The molecule has 1 atom stereocenters. The zero-order valence-corrected chi connectivity index (χ0v) is 53.9. The number of nitrogens with zero attached hydrogens (tertiary/aromatic N) is 2. The first-order valence-electron chi connectivity index (χ1n) is 36.9. The van der Waals surface area contributed by atoms with E-state index in [1.54, 1.807) is 0 Å². The molecule has 1 aliphatic rings. The third-order valence-electron chi connectivity index (χ3n) is 18.5. The number of amidine groups is 1. The van der Waals surface area contributed by atoms with Crippen molar-refractivity contribution in [1.29, 1.82) is 0 Å². The molecule has 1 aliphatic heterocycles. The van der Waals surface area contributed by atoms with Crippen molar-refractivity contribution in [3.63, 3.8) is 0 Å². The summed E-state index contributed by atoms with van der Waals surface area (Å²) in [6.07, 6.45) is 98.5. The number of hydrogen-bond donors (Lipinski definition) is 0. The highest BCUT2D eigenvalue weighted by atomic mass is 15.4. The van der Waals surface area contributed by atoms with Gasteiger partial charge in [-0.05, 0) is 38.5 Å². The molecule has 2 nitrogen and oxygen atoms in total. The fourth-order valence-corrected chi connectivity index (χ4v) is 13.1. The first kappa shape index (κ1) is 73.4. The van der Waals surface area contributed by atoms with Crippen molar-refractivity contribution in [3.05, 3.63) is 12.4 Å². The predicted molar refractivity (Wildman–Crippen MR) is 347 cm³/mol. The zero-order chi connectivity index (χ0) is 54.4. The van der Waals surface area contributed by atoms with Gasteiger partial charge in [0, 0.05) is 6.42 Å². The number of hydrogen-bond acceptors (Lipinski definition) is 0. The Morgan fingerprint density at radius 3 is 0.632 bits per heavy atom. The van der Waals surface area contributed by atoms with Gasteiger partial charge in [-0.15, -0.1) is 0 Å². The van der Waals surface area contributed by atoms with E-state index < -0.39 is 0 Å². The summed E-state index contributed by atoms with van der Waals surface area (Å²) in [6, 6.07) is 0. The lowest BCUT2D eigenvalue weighted by molar-refractivity contribution is -0.801. The van der Waals surface area contributed by atoms with Gasteiger partial charge in [-0.25, -0.2) is 4.48 Å². The minimum atomic E-state index is 1.22. The lowest BCUT2D eigenvalue weighted by atomic mass is 10.0. The molecule has 2 heteroatoms. The highest BCUT2D eigenvalue weighted by Gasteiger charge is 2.42. The van der Waals surface area contributed by atoms with E-state index in [1.807, 2.05) is 5.84 Å². The van der Waals surface area contributed by atoms with Crippen molar-refractivity contribution in [2.24, 2.45) is 0 Å². The second-order valence-corrected chi connectivity index (χ2v) is 26.0. The van der Waals surface area contributed by atoms with E-state index in [9.17, 15) is 0 Å². The number of rotatable bonds is 67. The molecular weight excluding hydrogens is 917 g/mol. The SMILES string of the molecule is CCCCCCCCCCCCCCCCCCCC1=[N+](CCCCCCCCCCCCCCCCCCC)C=C[N+]1(CCCCCCCCCCCCCCCC)CCCCCCCCCCCCCCCCC. The van der Waals surface area contributed by atoms with E-state index in [2.05, 4.69) is 44.7 Å². The van der Waals surface area contributed by atoms with Crippen LogP contribution in [-0.4, -0.2) is 34.5 Å². The maximum atomic E-state index is 2.84. The van der Waals surface area contributed by atoms with Crippen LogP contribution in [-0.2, 0) is 0 Å². The second-order valence-electron chi connectivity index (χ2n) is 26.0. The molecule has 0 aromatic rings. The summed E-state index contributed by atoms with van der Waals surface area (Å²) in [4.78, 5) is 0. The lowest BCUT2D eigenvalue weighted by Gasteiger charge is -2.29. The molecule has 0 aliphatic carbocycles. The highest BCUT2D eigenvalue weighted by molar-refractivity contribution is 5.72. The van der Waals surface area contributed by atoms with Gasteiger partial charge in [0.1, 0.15) is 0 Å². The van der Waals surface area contributed by atoms with Crippen molar-refractivity contribution in [2.75, 3.05) is 19.6 Å². The Labute approximate surface area is 483 Å². The van der Waals surface area contributed by atoms with Crippen molar-refractivity contribution in [2.45, 2.75) is 439 Å². The van der Waals surface area contributed by atoms with Crippen LogP contribution in [0.15, 0.2) is 12.4 Å². The van der Waals surface area contributed by atoms with Gasteiger partial charge in [-0.2, -0.15) is 4.58 Å². The molecule has 452 valence electrons. The summed E-state index contributed by atoms with van der Waals surface area (Å²) in [6.45, 7) is 13.3. The fourth-order valence-electron chi connectivity index (χ4n) is 13.1. The van der Waals surface area contributed by atoms with Gasteiger partial charge in [0.2, 0.25) is 6.20 Å². The normalized spacial score (nSPS) is 14.6. The number of quaternary nitrogens is 1. The van der Waals surface area contributed by atoms with Crippen molar-refractivity contribution < 1.29 is 9.06 Å². The molecule has 1 heterocycles. The molecule has 0 N–H and O–H groups in total. The Hall–Kier alpha value is -0.630. The van der Waals surface area contributed by atoms with Gasteiger partial charge in [-0.3, -0.25) is 0 Å². The molecule has 0 bridgehead atoms. The Morgan fingerprint density at radius 2 is 0.408 bits per heavy atom. The molecule has 0 aromatic carbocycles. The molecule has 0 radical (unpaired) electrons. The van der Waals surface area contributed by atoms with E-state index in [0.29, 0.717) is 0 Å². The maximum Gasteiger partial charge on any atom is 0.348 e. The summed E-state index contributed by atoms with van der Waals surface area (Å²) < 4.78 is 4.06. The van der Waals surface area contributed by atoms with Crippen molar-refractivity contribution in [1.82, 2.24) is 0 Å². The smallest absolute Gasteiger partial charge is 0.209 e. The lowest BCUT2D eigenvalue weighted by Crippen LogP contribution is -2.50. The maximum absolute atomic E-state index is 2.84. The summed E-state index contributed by atoms with van der Waals surface area (Å²) in [7, 11) is 0. The monoisotopic (exact) mass is 1070 g/mol. The van der Waals surface area contributed by atoms with Gasteiger partial charge in [-0.1, -0.05) is 387 Å². The largest absolute Gasteiger partial charge is 0.348 e. The molecule has 0 spiro atoms. The van der Waals surface area contributed by atoms with Crippen LogP contribution in [0.4, 0.5) is 0 Å². The highest BCUT2D eigenvalue weighted by Crippen LogP contribution is 2.27. The van der Waals surface area contributed by atoms with Gasteiger partial charge in [0.25, 0.3) is 0 Å². The Morgan fingerprint density at radius 1 is 0.224 bits per heavy atom. The molecule has 0 saturated carbocycles. The van der Waals surface area contributed by atoms with Crippen LogP contribution in [0.5, 0.6) is 0 Å². The Bertz CT molecular complexity index is 1150. The standard InChI is InChI=1S/C74H148N2/c1-5-9-13-17-21-25-29-33-37-39-41-44-48-52-56-60-64-68-74-75(69-65-61-57-53-49-45-42-40-38-34-30-26-22-18-14-10-6-2)70-73-76(74,71-66-62-58-54-50-46-36-32-28-24-20-16-12-8-4)72-67-63-59-55-51-47-43-35-31-27-23-19-15-11-7-3/h70,73H,5-69,71-72H2,1-4H3/q+2. The summed E-state index contributed by atoms with van der Waals surface area (Å²) in [5, 5.41) is 0. The van der Waals surface area contributed by atoms with Crippen molar-refractivity contribution >= 4 is 5.84 Å². The van der Waals surface area contributed by atoms with Gasteiger partial charge in [0.15, 0.2) is 12.7 Å². The van der Waals surface area contributed by atoms with Crippen LogP contribution in [0.2, 0.25) is 0 Å².